The summed E-state index contributed by atoms with van der Waals surface area (Å²) < 4.78 is 11.9. The number of hydrogen-bond acceptors (Lipinski definition) is 3. The van der Waals surface area contributed by atoms with Crippen molar-refractivity contribution in [3.63, 3.8) is 0 Å². The molecule has 2 aromatic carbocycles. The molecule has 0 spiro atoms. The van der Waals surface area contributed by atoms with Crippen LogP contribution in [0.4, 0.5) is 11.4 Å². The zero-order chi connectivity index (χ0) is 28.1. The third-order valence-electron chi connectivity index (χ3n) is 6.03. The predicted octanol–water partition coefficient (Wildman–Crippen LogP) is 8.91. The first-order valence-corrected chi connectivity index (χ1v) is 15.0. The second-order valence-electron chi connectivity index (χ2n) is 10.7. The number of hydrogen-bond donors (Lipinski definition) is 2. The Hall–Kier alpha value is -2.31. The van der Waals surface area contributed by atoms with Crippen LogP contribution < -0.4 is 20.1 Å². The summed E-state index contributed by atoms with van der Waals surface area (Å²) in [5, 5.41) is 6.80. The van der Waals surface area contributed by atoms with Crippen molar-refractivity contribution in [1.82, 2.24) is 0 Å². The molecule has 0 unspecified atom stereocenters. The Morgan fingerprint density at radius 3 is 1.32 bits per heavy atom. The fourth-order valence-corrected chi connectivity index (χ4v) is 4.21. The highest BCUT2D eigenvalue weighted by Gasteiger charge is 2.05. The van der Waals surface area contributed by atoms with Crippen molar-refractivity contribution in [3.8, 4) is 11.5 Å². The third-order valence-corrected chi connectivity index (χ3v) is 6.23. The van der Waals surface area contributed by atoms with E-state index in [0.717, 1.165) is 27.4 Å². The third kappa shape index (κ3) is 18.0. The average Bonchev–Trinajstić information content (AvgIpc) is 2.88. The number of unbranched alkanes of at least 4 members (excludes halogenated alkanes) is 9. The van der Waals surface area contributed by atoms with E-state index in [-0.39, 0.29) is 0 Å². The van der Waals surface area contributed by atoms with E-state index in [9.17, 15) is 0 Å². The molecule has 2 rings (SSSR count). The fourth-order valence-electron chi connectivity index (χ4n) is 3.97. The van der Waals surface area contributed by atoms with Crippen molar-refractivity contribution in [2.45, 2.75) is 85.0 Å². The molecule has 2 aromatic rings. The van der Waals surface area contributed by atoms with Crippen LogP contribution in [0.3, 0.4) is 0 Å². The van der Waals surface area contributed by atoms with E-state index >= 15 is 0 Å². The summed E-state index contributed by atoms with van der Waals surface area (Å²) in [4.78, 5) is 0. The smallest absolute Gasteiger partial charge is 0.175 e. The lowest BCUT2D eigenvalue weighted by Gasteiger charge is -2.23. The number of quaternary nitrogens is 1. The van der Waals surface area contributed by atoms with Crippen LogP contribution in [0.5, 0.6) is 11.5 Å². The standard InChI is InChI=1S/C17H20N2O2S.C15H34N/c1-3-20-15-9-5-13(6-10-15)18-17(22)19-14-7-11-16(12-8-14)21-4-2;1-5-6-7-8-9-10-11-12-13-14-15-16(2,3)4/h5-12H,3-4H2,1-2H3,(H2,18,19,22);5-15H2,1-4H3/q;+1. The van der Waals surface area contributed by atoms with Gasteiger partial charge in [-0.1, -0.05) is 58.3 Å². The number of benzene rings is 2. The Bertz CT molecular complexity index is 795. The summed E-state index contributed by atoms with van der Waals surface area (Å²) in [7, 11) is 6.86. The monoisotopic (exact) mass is 544 g/mol. The van der Waals surface area contributed by atoms with Crippen LogP contribution in [0, 0.1) is 0 Å². The van der Waals surface area contributed by atoms with Crippen molar-refractivity contribution in [1.29, 1.82) is 0 Å². The molecule has 0 aliphatic heterocycles. The minimum Gasteiger partial charge on any atom is -0.494 e. The van der Waals surface area contributed by atoms with Crippen LogP contribution in [0.15, 0.2) is 48.5 Å². The Labute approximate surface area is 238 Å². The molecule has 0 heterocycles. The number of nitrogens with one attached hydrogen (secondary N) is 2. The Balaban J connectivity index is 0.000000403. The fraction of sp³-hybridized carbons (Fsp3) is 0.594. The molecular weight excluding hydrogens is 490 g/mol. The van der Waals surface area contributed by atoms with Gasteiger partial charge in [-0.05, 0) is 87.4 Å². The predicted molar refractivity (Wildman–Crippen MR) is 170 cm³/mol. The molecule has 0 aliphatic carbocycles. The van der Waals surface area contributed by atoms with Gasteiger partial charge in [0.25, 0.3) is 0 Å². The summed E-state index contributed by atoms with van der Waals surface area (Å²) in [5.74, 6) is 1.69. The molecule has 0 saturated heterocycles. The molecule has 0 radical (unpaired) electrons. The molecule has 38 heavy (non-hydrogen) atoms. The van der Waals surface area contributed by atoms with Crippen LogP contribution in [0.25, 0.3) is 0 Å². The lowest BCUT2D eigenvalue weighted by molar-refractivity contribution is -0.870. The number of thiocarbonyl (C=S) groups is 1. The molecule has 0 aromatic heterocycles. The largest absolute Gasteiger partial charge is 0.494 e. The molecule has 0 atom stereocenters. The second-order valence-corrected chi connectivity index (χ2v) is 11.1. The van der Waals surface area contributed by atoms with Crippen molar-refractivity contribution < 1.29 is 14.0 Å². The second kappa shape index (κ2) is 20.6. The maximum Gasteiger partial charge on any atom is 0.175 e. The Morgan fingerprint density at radius 1 is 0.605 bits per heavy atom. The first-order valence-electron chi connectivity index (χ1n) is 14.6. The van der Waals surface area contributed by atoms with Gasteiger partial charge in [-0.25, -0.2) is 0 Å². The summed E-state index contributed by atoms with van der Waals surface area (Å²) >= 11 is 5.30. The van der Waals surface area contributed by atoms with Gasteiger partial charge in [0.2, 0.25) is 0 Å². The van der Waals surface area contributed by atoms with Gasteiger partial charge >= 0.3 is 0 Å². The van der Waals surface area contributed by atoms with E-state index in [0.29, 0.717) is 18.3 Å². The van der Waals surface area contributed by atoms with Gasteiger partial charge in [-0.15, -0.1) is 0 Å². The molecule has 6 heteroatoms. The average molecular weight is 545 g/mol. The highest BCUT2D eigenvalue weighted by atomic mass is 32.1. The number of anilines is 2. The minimum atomic E-state index is 0.535. The number of nitrogens with zero attached hydrogens (tertiary/aromatic N) is 1. The van der Waals surface area contributed by atoms with Crippen molar-refractivity contribution in [3.05, 3.63) is 48.5 Å². The lowest BCUT2D eigenvalue weighted by Crippen LogP contribution is -2.35. The summed E-state index contributed by atoms with van der Waals surface area (Å²) in [6.45, 7) is 8.85. The van der Waals surface area contributed by atoms with Gasteiger partial charge < -0.3 is 24.6 Å². The zero-order valence-corrected chi connectivity index (χ0v) is 25.8. The highest BCUT2D eigenvalue weighted by Crippen LogP contribution is 2.18. The van der Waals surface area contributed by atoms with Crippen molar-refractivity contribution >= 4 is 28.7 Å². The van der Waals surface area contributed by atoms with Crippen molar-refractivity contribution in [2.75, 3.05) is 51.5 Å². The maximum atomic E-state index is 5.40. The molecule has 214 valence electrons. The lowest BCUT2D eigenvalue weighted by atomic mass is 10.1. The van der Waals surface area contributed by atoms with Gasteiger partial charge in [0.1, 0.15) is 11.5 Å². The van der Waals surface area contributed by atoms with E-state index in [1.807, 2.05) is 62.4 Å². The molecule has 0 aliphatic rings. The summed E-state index contributed by atoms with van der Waals surface area (Å²) in [6.07, 6.45) is 14.4. The molecular formula is C32H54N3O2S+. The molecule has 2 N–H and O–H groups in total. The number of ether oxygens (including phenoxy) is 2. The van der Waals surface area contributed by atoms with E-state index in [4.69, 9.17) is 21.7 Å². The molecule has 0 bridgehead atoms. The van der Waals surface area contributed by atoms with E-state index in [1.165, 1.54) is 70.8 Å². The molecule has 0 saturated carbocycles. The number of rotatable bonds is 17. The Morgan fingerprint density at radius 2 is 0.974 bits per heavy atom. The van der Waals surface area contributed by atoms with Crippen LogP contribution >= 0.6 is 12.2 Å². The van der Waals surface area contributed by atoms with E-state index in [1.54, 1.807) is 0 Å². The summed E-state index contributed by atoms with van der Waals surface area (Å²) in [5.41, 5.74) is 1.82. The Kier molecular flexibility index (Phi) is 18.3. The normalized spacial score (nSPS) is 10.8. The molecule has 0 amide bonds. The van der Waals surface area contributed by atoms with Gasteiger partial charge in [0, 0.05) is 11.4 Å². The zero-order valence-electron chi connectivity index (χ0n) is 25.0. The minimum absolute atomic E-state index is 0.535. The van der Waals surface area contributed by atoms with Gasteiger partial charge in [-0.3, -0.25) is 0 Å². The van der Waals surface area contributed by atoms with Gasteiger partial charge in [0.05, 0.1) is 40.9 Å². The van der Waals surface area contributed by atoms with Crippen LogP contribution in [-0.2, 0) is 0 Å². The van der Waals surface area contributed by atoms with Gasteiger partial charge in [0.15, 0.2) is 5.11 Å². The van der Waals surface area contributed by atoms with Crippen molar-refractivity contribution in [2.24, 2.45) is 0 Å². The topological polar surface area (TPSA) is 42.5 Å². The summed E-state index contributed by atoms with van der Waals surface area (Å²) in [6, 6.07) is 15.3. The molecule has 5 nitrogen and oxygen atoms in total. The quantitative estimate of drug-likeness (QED) is 0.118. The van der Waals surface area contributed by atoms with E-state index < -0.39 is 0 Å². The van der Waals surface area contributed by atoms with Gasteiger partial charge in [-0.2, -0.15) is 0 Å². The molecule has 0 fully saturated rings. The highest BCUT2D eigenvalue weighted by molar-refractivity contribution is 7.80. The van der Waals surface area contributed by atoms with Crippen LogP contribution in [-0.4, -0.2) is 50.5 Å². The first kappa shape index (κ1) is 33.7. The van der Waals surface area contributed by atoms with Crippen LogP contribution in [0.1, 0.15) is 85.0 Å². The first-order chi connectivity index (χ1) is 18.3. The SMILES string of the molecule is CCCCCCCCCCCC[N+](C)(C)C.CCOc1ccc(NC(=S)Nc2ccc(OCC)cc2)cc1. The van der Waals surface area contributed by atoms with E-state index in [2.05, 4.69) is 38.7 Å². The maximum absolute atomic E-state index is 5.40. The van der Waals surface area contributed by atoms with Crippen LogP contribution in [0.2, 0.25) is 0 Å².